The van der Waals surface area contributed by atoms with Crippen molar-refractivity contribution in [1.82, 2.24) is 5.43 Å². The van der Waals surface area contributed by atoms with Crippen LogP contribution in [0.15, 0.2) is 29.2 Å². The zero-order valence-corrected chi connectivity index (χ0v) is 12.3. The third-order valence-corrected chi connectivity index (χ3v) is 5.22. The van der Waals surface area contributed by atoms with Gasteiger partial charge in [-0.3, -0.25) is 11.3 Å². The lowest BCUT2D eigenvalue weighted by Gasteiger charge is -2.32. The number of halogens is 1. The Balaban J connectivity index is 1.83. The molecule has 1 aliphatic carbocycles. The average molecular weight is 282 g/mol. The van der Waals surface area contributed by atoms with Gasteiger partial charge in [-0.25, -0.2) is 4.39 Å². The summed E-state index contributed by atoms with van der Waals surface area (Å²) >= 11 is 1.75. The van der Waals surface area contributed by atoms with E-state index in [1.165, 1.54) is 37.8 Å². The predicted octanol–water partition coefficient (Wildman–Crippen LogP) is 3.58. The van der Waals surface area contributed by atoms with Gasteiger partial charge in [-0.1, -0.05) is 19.8 Å². The summed E-state index contributed by atoms with van der Waals surface area (Å²) in [5, 5.41) is 0. The molecule has 2 nitrogen and oxygen atoms in total. The van der Waals surface area contributed by atoms with E-state index in [9.17, 15) is 4.39 Å². The molecule has 0 amide bonds. The zero-order valence-electron chi connectivity index (χ0n) is 11.4. The summed E-state index contributed by atoms with van der Waals surface area (Å²) in [6.45, 7) is 2.33. The van der Waals surface area contributed by atoms with Crippen molar-refractivity contribution >= 4 is 11.8 Å². The molecule has 0 bridgehead atoms. The number of nitrogens with one attached hydrogen (secondary N) is 1. The molecule has 0 heterocycles. The highest BCUT2D eigenvalue weighted by molar-refractivity contribution is 7.99. The van der Waals surface area contributed by atoms with Crippen LogP contribution in [0.4, 0.5) is 4.39 Å². The van der Waals surface area contributed by atoms with Gasteiger partial charge in [0.25, 0.3) is 0 Å². The summed E-state index contributed by atoms with van der Waals surface area (Å²) in [5.74, 6) is 8.00. The summed E-state index contributed by atoms with van der Waals surface area (Å²) in [4.78, 5) is 1.10. The number of hydrogen-bond donors (Lipinski definition) is 2. The fourth-order valence-corrected chi connectivity index (χ4v) is 3.79. The maximum absolute atomic E-state index is 12.8. The molecule has 1 unspecified atom stereocenters. The topological polar surface area (TPSA) is 38.0 Å². The highest BCUT2D eigenvalue weighted by atomic mass is 32.2. The number of hydrogen-bond acceptors (Lipinski definition) is 3. The van der Waals surface area contributed by atoms with Crippen LogP contribution in [-0.4, -0.2) is 11.8 Å². The fourth-order valence-electron chi connectivity index (χ4n) is 2.73. The van der Waals surface area contributed by atoms with Crippen LogP contribution < -0.4 is 11.3 Å². The van der Waals surface area contributed by atoms with Crippen molar-refractivity contribution in [2.45, 2.75) is 43.5 Å². The predicted molar refractivity (Wildman–Crippen MR) is 79.4 cm³/mol. The summed E-state index contributed by atoms with van der Waals surface area (Å²) in [6.07, 6.45) is 5.15. The van der Waals surface area contributed by atoms with Gasteiger partial charge in [-0.2, -0.15) is 0 Å². The van der Waals surface area contributed by atoms with Gasteiger partial charge in [0.05, 0.1) is 0 Å². The van der Waals surface area contributed by atoms with E-state index < -0.39 is 0 Å². The maximum atomic E-state index is 12.8. The van der Waals surface area contributed by atoms with E-state index in [4.69, 9.17) is 5.84 Å². The first kappa shape index (κ1) is 14.8. The largest absolute Gasteiger partial charge is 0.271 e. The first-order valence-electron chi connectivity index (χ1n) is 7.03. The highest BCUT2D eigenvalue weighted by Gasteiger charge is 2.25. The number of rotatable bonds is 5. The Morgan fingerprint density at radius 3 is 2.47 bits per heavy atom. The lowest BCUT2D eigenvalue weighted by atomic mass is 9.80. The van der Waals surface area contributed by atoms with Crippen LogP contribution >= 0.6 is 11.8 Å². The second-order valence-electron chi connectivity index (χ2n) is 5.56. The van der Waals surface area contributed by atoms with Gasteiger partial charge in [-0.15, -0.1) is 11.8 Å². The SMILES string of the molecule is CC1CCC(C(CSc2ccc(F)cc2)NN)CC1. The molecular formula is C15H23FN2S. The van der Waals surface area contributed by atoms with Gasteiger partial charge in [-0.05, 0) is 48.9 Å². The number of benzene rings is 1. The minimum Gasteiger partial charge on any atom is -0.271 e. The normalized spacial score (nSPS) is 25.2. The third kappa shape index (κ3) is 4.48. The Labute approximate surface area is 119 Å². The Morgan fingerprint density at radius 2 is 1.89 bits per heavy atom. The van der Waals surface area contributed by atoms with E-state index in [2.05, 4.69) is 12.3 Å². The molecule has 19 heavy (non-hydrogen) atoms. The fraction of sp³-hybridized carbons (Fsp3) is 0.600. The Hall–Kier alpha value is -0.580. The molecule has 0 spiro atoms. The summed E-state index contributed by atoms with van der Waals surface area (Å²) in [6, 6.07) is 7.03. The van der Waals surface area contributed by atoms with Crippen molar-refractivity contribution in [3.05, 3.63) is 30.1 Å². The van der Waals surface area contributed by atoms with Crippen molar-refractivity contribution in [2.24, 2.45) is 17.7 Å². The molecule has 3 N–H and O–H groups in total. The van der Waals surface area contributed by atoms with Gasteiger partial charge in [0.2, 0.25) is 0 Å². The molecule has 1 atom stereocenters. The van der Waals surface area contributed by atoms with Gasteiger partial charge in [0.15, 0.2) is 0 Å². The first-order chi connectivity index (χ1) is 9.19. The van der Waals surface area contributed by atoms with E-state index in [1.54, 1.807) is 11.8 Å². The Morgan fingerprint density at radius 1 is 1.26 bits per heavy atom. The maximum Gasteiger partial charge on any atom is 0.123 e. The van der Waals surface area contributed by atoms with Crippen molar-refractivity contribution in [3.63, 3.8) is 0 Å². The van der Waals surface area contributed by atoms with Gasteiger partial charge in [0, 0.05) is 16.7 Å². The van der Waals surface area contributed by atoms with E-state index >= 15 is 0 Å². The molecule has 0 saturated heterocycles. The van der Waals surface area contributed by atoms with E-state index in [0.717, 1.165) is 16.6 Å². The second-order valence-corrected chi connectivity index (χ2v) is 6.65. The first-order valence-corrected chi connectivity index (χ1v) is 8.02. The molecule has 4 heteroatoms. The minimum absolute atomic E-state index is 0.181. The van der Waals surface area contributed by atoms with Gasteiger partial charge in [0.1, 0.15) is 5.82 Å². The molecule has 1 aromatic carbocycles. The standard InChI is InChI=1S/C15H23FN2S/c1-11-2-4-12(5-3-11)15(18-17)10-19-14-8-6-13(16)7-9-14/h6-9,11-12,15,18H,2-5,10,17H2,1H3. The summed E-state index contributed by atoms with van der Waals surface area (Å²) in [7, 11) is 0. The molecule has 2 rings (SSSR count). The van der Waals surface area contributed by atoms with Gasteiger partial charge < -0.3 is 0 Å². The molecule has 1 aliphatic rings. The van der Waals surface area contributed by atoms with Crippen LogP contribution in [0.3, 0.4) is 0 Å². The van der Waals surface area contributed by atoms with Crippen LogP contribution in [0.2, 0.25) is 0 Å². The molecule has 1 saturated carbocycles. The molecule has 0 aromatic heterocycles. The lowest BCUT2D eigenvalue weighted by Crippen LogP contribution is -2.43. The average Bonchev–Trinajstić information content (AvgIpc) is 2.43. The molecule has 1 fully saturated rings. The van der Waals surface area contributed by atoms with Crippen molar-refractivity contribution in [3.8, 4) is 0 Å². The van der Waals surface area contributed by atoms with Crippen LogP contribution in [0.25, 0.3) is 0 Å². The molecular weight excluding hydrogens is 259 g/mol. The van der Waals surface area contributed by atoms with Crippen molar-refractivity contribution in [1.29, 1.82) is 0 Å². The van der Waals surface area contributed by atoms with Crippen LogP contribution in [-0.2, 0) is 0 Å². The van der Waals surface area contributed by atoms with Crippen LogP contribution in [0, 0.1) is 17.7 Å². The third-order valence-electron chi connectivity index (χ3n) is 4.09. The number of hydrazine groups is 1. The molecule has 1 aromatic rings. The van der Waals surface area contributed by atoms with Crippen LogP contribution in [0.5, 0.6) is 0 Å². The van der Waals surface area contributed by atoms with Gasteiger partial charge >= 0.3 is 0 Å². The molecule has 0 radical (unpaired) electrons. The monoisotopic (exact) mass is 282 g/mol. The summed E-state index contributed by atoms with van der Waals surface area (Å²) in [5.41, 5.74) is 2.97. The van der Waals surface area contributed by atoms with Crippen LogP contribution in [0.1, 0.15) is 32.6 Å². The van der Waals surface area contributed by atoms with E-state index in [0.29, 0.717) is 12.0 Å². The van der Waals surface area contributed by atoms with Crippen molar-refractivity contribution in [2.75, 3.05) is 5.75 Å². The minimum atomic E-state index is -0.181. The Kier molecular flexibility index (Phi) is 5.67. The quantitative estimate of drug-likeness (QED) is 0.492. The smallest absolute Gasteiger partial charge is 0.123 e. The summed E-state index contributed by atoms with van der Waals surface area (Å²) < 4.78 is 12.8. The second kappa shape index (κ2) is 7.27. The highest BCUT2D eigenvalue weighted by Crippen LogP contribution is 2.32. The number of thioether (sulfide) groups is 1. The molecule has 0 aliphatic heterocycles. The molecule has 106 valence electrons. The van der Waals surface area contributed by atoms with E-state index in [1.807, 2.05) is 12.1 Å². The number of nitrogens with two attached hydrogens (primary N) is 1. The lowest BCUT2D eigenvalue weighted by molar-refractivity contribution is 0.243. The van der Waals surface area contributed by atoms with Crippen molar-refractivity contribution < 1.29 is 4.39 Å². The Bertz CT molecular complexity index is 374. The van der Waals surface area contributed by atoms with E-state index in [-0.39, 0.29) is 5.82 Å². The zero-order chi connectivity index (χ0) is 13.7.